The molecule has 0 heterocycles. The number of amides is 1. The molecule has 0 aromatic heterocycles. The summed E-state index contributed by atoms with van der Waals surface area (Å²) in [6.45, 7) is 0. The Bertz CT molecular complexity index is 589. The molecule has 1 amide bonds. The number of rotatable bonds is 4. The van der Waals surface area contributed by atoms with Crippen molar-refractivity contribution in [2.45, 2.75) is 38.1 Å². The number of anilines is 1. The van der Waals surface area contributed by atoms with Crippen molar-refractivity contribution < 1.29 is 14.3 Å². The van der Waals surface area contributed by atoms with Crippen LogP contribution in [0.3, 0.4) is 0 Å². The number of hydrogen-bond acceptors (Lipinski definition) is 4. The molecule has 1 aromatic rings. The molecule has 0 radical (unpaired) electrons. The van der Waals surface area contributed by atoms with Gasteiger partial charge in [0.05, 0.1) is 14.2 Å². The van der Waals surface area contributed by atoms with Gasteiger partial charge in [0.1, 0.15) is 16.0 Å². The third kappa shape index (κ3) is 4.23. The highest BCUT2D eigenvalue weighted by atomic mass is 79.9. The normalized spacial score (nSPS) is 27.8. The van der Waals surface area contributed by atoms with E-state index in [4.69, 9.17) is 15.2 Å². The van der Waals surface area contributed by atoms with Crippen LogP contribution in [-0.2, 0) is 4.79 Å². The molecule has 0 aliphatic heterocycles. The van der Waals surface area contributed by atoms with Crippen molar-refractivity contribution in [2.24, 2.45) is 23.5 Å². The largest absolute Gasteiger partial charge is 0.495 e. The van der Waals surface area contributed by atoms with E-state index in [9.17, 15) is 4.79 Å². The highest BCUT2D eigenvalue weighted by molar-refractivity contribution is 9.10. The molecular weight excluding hydrogens is 408 g/mol. The van der Waals surface area contributed by atoms with E-state index >= 15 is 0 Å². The van der Waals surface area contributed by atoms with E-state index in [1.54, 1.807) is 26.4 Å². The summed E-state index contributed by atoms with van der Waals surface area (Å²) in [7, 11) is 3.18. The Balaban J connectivity index is 0.00000225. The highest BCUT2D eigenvalue weighted by Crippen LogP contribution is 2.43. The Morgan fingerprint density at radius 3 is 2.16 bits per heavy atom. The van der Waals surface area contributed by atoms with E-state index in [-0.39, 0.29) is 30.3 Å². The minimum Gasteiger partial charge on any atom is -0.495 e. The molecule has 25 heavy (non-hydrogen) atoms. The van der Waals surface area contributed by atoms with Gasteiger partial charge in [-0.3, -0.25) is 4.79 Å². The Hall–Kier alpha value is -0.980. The molecule has 140 valence electrons. The Morgan fingerprint density at radius 1 is 1.16 bits per heavy atom. The van der Waals surface area contributed by atoms with Crippen molar-refractivity contribution >= 4 is 39.9 Å². The van der Waals surface area contributed by atoms with Crippen LogP contribution in [0.1, 0.15) is 32.1 Å². The average molecular weight is 434 g/mol. The van der Waals surface area contributed by atoms with Gasteiger partial charge >= 0.3 is 0 Å². The van der Waals surface area contributed by atoms with Crippen LogP contribution in [0.2, 0.25) is 0 Å². The summed E-state index contributed by atoms with van der Waals surface area (Å²) in [6.07, 6.45) is 5.35. The second kappa shape index (κ2) is 8.60. The first kappa shape index (κ1) is 20.3. The second-order valence-corrected chi connectivity index (χ2v) is 7.67. The molecule has 2 unspecified atom stereocenters. The summed E-state index contributed by atoms with van der Waals surface area (Å²) in [4.78, 5) is 12.7. The zero-order valence-electron chi connectivity index (χ0n) is 14.6. The zero-order chi connectivity index (χ0) is 17.3. The number of benzene rings is 1. The van der Waals surface area contributed by atoms with Gasteiger partial charge in [0.2, 0.25) is 5.91 Å². The predicted molar refractivity (Wildman–Crippen MR) is 105 cm³/mol. The zero-order valence-corrected chi connectivity index (χ0v) is 17.0. The van der Waals surface area contributed by atoms with Gasteiger partial charge in [0.25, 0.3) is 0 Å². The summed E-state index contributed by atoms with van der Waals surface area (Å²) in [6, 6.07) is 3.88. The summed E-state index contributed by atoms with van der Waals surface area (Å²) >= 11 is 3.44. The average Bonchev–Trinajstić information content (AvgIpc) is 2.55. The van der Waals surface area contributed by atoms with Crippen molar-refractivity contribution in [2.75, 3.05) is 19.5 Å². The van der Waals surface area contributed by atoms with Crippen LogP contribution in [-0.4, -0.2) is 26.2 Å². The first-order chi connectivity index (χ1) is 11.5. The maximum Gasteiger partial charge on any atom is 0.227 e. The number of carbonyl (C=O) groups is 1. The lowest BCUT2D eigenvalue weighted by molar-refractivity contribution is -0.122. The molecular formula is C18H26BrClN2O3. The number of nitrogens with two attached hydrogens (primary N) is 1. The molecule has 0 saturated heterocycles. The van der Waals surface area contributed by atoms with Crippen LogP contribution in [0.25, 0.3) is 0 Å². The van der Waals surface area contributed by atoms with Crippen LogP contribution in [0, 0.1) is 17.8 Å². The summed E-state index contributed by atoms with van der Waals surface area (Å²) in [5.74, 6) is 2.36. The molecule has 3 rings (SSSR count). The van der Waals surface area contributed by atoms with E-state index in [2.05, 4.69) is 21.2 Å². The van der Waals surface area contributed by atoms with Crippen molar-refractivity contribution in [3.63, 3.8) is 0 Å². The van der Waals surface area contributed by atoms with Crippen molar-refractivity contribution in [3.05, 3.63) is 16.6 Å². The van der Waals surface area contributed by atoms with Crippen molar-refractivity contribution in [1.82, 2.24) is 0 Å². The number of methoxy groups -OCH3 is 2. The molecule has 7 heteroatoms. The lowest BCUT2D eigenvalue weighted by Gasteiger charge is -2.43. The van der Waals surface area contributed by atoms with Crippen LogP contribution < -0.4 is 20.5 Å². The van der Waals surface area contributed by atoms with Gasteiger partial charge in [-0.05, 0) is 53.4 Å². The smallest absolute Gasteiger partial charge is 0.227 e. The number of hydrogen-bond donors (Lipinski definition) is 2. The standard InChI is InChI=1S/C18H25BrN2O3.ClH/c1-23-14-8-13(9-15(24-2)16(14)19)21-18(22)12-6-10-4-3-5-11(7-12)17(10)20;/h8-12,17H,3-7,20H2,1-2H3,(H,21,22);1H. The molecule has 2 bridgehead atoms. The fourth-order valence-electron chi connectivity index (χ4n) is 4.19. The monoisotopic (exact) mass is 432 g/mol. The summed E-state index contributed by atoms with van der Waals surface area (Å²) in [5.41, 5.74) is 7.01. The van der Waals surface area contributed by atoms with Gasteiger partial charge in [0, 0.05) is 29.8 Å². The van der Waals surface area contributed by atoms with Crippen molar-refractivity contribution in [3.8, 4) is 11.5 Å². The van der Waals surface area contributed by atoms with Gasteiger partial charge in [-0.25, -0.2) is 0 Å². The molecule has 3 N–H and O–H groups in total. The van der Waals surface area contributed by atoms with Gasteiger partial charge < -0.3 is 20.5 Å². The van der Waals surface area contributed by atoms with Crippen LogP contribution in [0.4, 0.5) is 5.69 Å². The fraction of sp³-hybridized carbons (Fsp3) is 0.611. The SMILES string of the molecule is COc1cc(NC(=O)C2CC3CCCC(C2)C3N)cc(OC)c1Br.Cl. The topological polar surface area (TPSA) is 73.6 Å². The Kier molecular flexibility index (Phi) is 7.00. The van der Waals surface area contributed by atoms with Crippen LogP contribution in [0.15, 0.2) is 16.6 Å². The Labute approximate surface area is 163 Å². The first-order valence-corrected chi connectivity index (χ1v) is 9.30. The minimum atomic E-state index is 0. The molecule has 2 aliphatic carbocycles. The molecule has 1 aromatic carbocycles. The highest BCUT2D eigenvalue weighted by Gasteiger charge is 2.40. The Morgan fingerprint density at radius 2 is 1.68 bits per heavy atom. The molecule has 2 fully saturated rings. The molecule has 2 atom stereocenters. The predicted octanol–water partition coefficient (Wildman–Crippen LogP) is 3.98. The maximum atomic E-state index is 12.7. The number of fused-ring (bicyclic) bond motifs is 2. The fourth-order valence-corrected chi connectivity index (χ4v) is 4.74. The lowest BCUT2D eigenvalue weighted by atomic mass is 9.65. The first-order valence-electron chi connectivity index (χ1n) is 8.51. The van der Waals surface area contributed by atoms with E-state index in [0.29, 0.717) is 29.0 Å². The van der Waals surface area contributed by atoms with E-state index in [1.807, 2.05) is 0 Å². The number of ether oxygens (including phenoxy) is 2. The molecule has 2 saturated carbocycles. The minimum absolute atomic E-state index is 0. The van der Waals surface area contributed by atoms with Crippen LogP contribution in [0.5, 0.6) is 11.5 Å². The molecule has 5 nitrogen and oxygen atoms in total. The van der Waals surface area contributed by atoms with E-state index in [0.717, 1.165) is 30.2 Å². The number of carbonyl (C=O) groups excluding carboxylic acids is 1. The van der Waals surface area contributed by atoms with Gasteiger partial charge in [-0.1, -0.05) is 6.42 Å². The third-order valence-electron chi connectivity index (χ3n) is 5.50. The maximum absolute atomic E-state index is 12.7. The van der Waals surface area contributed by atoms with Crippen LogP contribution >= 0.6 is 28.3 Å². The molecule has 2 aliphatic rings. The number of halogens is 2. The van der Waals surface area contributed by atoms with E-state index in [1.165, 1.54) is 6.42 Å². The summed E-state index contributed by atoms with van der Waals surface area (Å²) < 4.78 is 11.4. The van der Waals surface area contributed by atoms with Gasteiger partial charge in [-0.2, -0.15) is 0 Å². The third-order valence-corrected chi connectivity index (χ3v) is 6.28. The lowest BCUT2D eigenvalue weighted by Crippen LogP contribution is -2.48. The van der Waals surface area contributed by atoms with Crippen molar-refractivity contribution in [1.29, 1.82) is 0 Å². The van der Waals surface area contributed by atoms with Gasteiger partial charge in [-0.15, -0.1) is 12.4 Å². The summed E-state index contributed by atoms with van der Waals surface area (Å²) in [5, 5.41) is 3.03. The number of nitrogens with one attached hydrogen (secondary N) is 1. The second-order valence-electron chi connectivity index (χ2n) is 6.88. The van der Waals surface area contributed by atoms with E-state index < -0.39 is 0 Å². The molecule has 0 spiro atoms. The van der Waals surface area contributed by atoms with Gasteiger partial charge in [0.15, 0.2) is 0 Å². The quantitative estimate of drug-likeness (QED) is 0.753.